The van der Waals surface area contributed by atoms with Crippen molar-refractivity contribution in [2.75, 3.05) is 0 Å². The standard InChI is InChI=1S/C14H16N4O3/c19-13-2-1-8-15-18(13)11-5-3-10(4-6-11)17-14(20)12-7-9-16-21-12/h1-2,7-11H,3-6H2,(H,17,20). The van der Waals surface area contributed by atoms with Crippen LogP contribution in [0.2, 0.25) is 0 Å². The maximum Gasteiger partial charge on any atom is 0.290 e. The quantitative estimate of drug-likeness (QED) is 0.914. The maximum atomic E-state index is 11.9. The van der Waals surface area contributed by atoms with Gasteiger partial charge in [0.2, 0.25) is 5.76 Å². The number of hydrogen-bond acceptors (Lipinski definition) is 5. The topological polar surface area (TPSA) is 90.0 Å². The Labute approximate surface area is 120 Å². The summed E-state index contributed by atoms with van der Waals surface area (Å²) in [6.45, 7) is 0. The normalized spacial score (nSPS) is 21.9. The Balaban J connectivity index is 1.57. The molecule has 7 heteroatoms. The van der Waals surface area contributed by atoms with E-state index in [4.69, 9.17) is 4.52 Å². The number of hydrogen-bond donors (Lipinski definition) is 1. The third kappa shape index (κ3) is 3.01. The molecule has 2 aromatic rings. The van der Waals surface area contributed by atoms with Crippen LogP contribution in [0.4, 0.5) is 0 Å². The Morgan fingerprint density at radius 1 is 1.24 bits per heavy atom. The molecular formula is C14H16N4O3. The second-order valence-electron chi connectivity index (χ2n) is 5.16. The highest BCUT2D eigenvalue weighted by Gasteiger charge is 2.25. The first-order valence-electron chi connectivity index (χ1n) is 6.99. The van der Waals surface area contributed by atoms with Gasteiger partial charge in [-0.3, -0.25) is 9.59 Å². The number of rotatable bonds is 3. The van der Waals surface area contributed by atoms with Crippen LogP contribution in [-0.4, -0.2) is 26.9 Å². The molecule has 0 saturated heterocycles. The van der Waals surface area contributed by atoms with Gasteiger partial charge in [-0.15, -0.1) is 0 Å². The lowest BCUT2D eigenvalue weighted by Crippen LogP contribution is -2.39. The summed E-state index contributed by atoms with van der Waals surface area (Å²) in [5.41, 5.74) is -0.0772. The van der Waals surface area contributed by atoms with Crippen LogP contribution < -0.4 is 10.9 Å². The lowest BCUT2D eigenvalue weighted by atomic mass is 9.91. The van der Waals surface area contributed by atoms with Crippen molar-refractivity contribution in [3.8, 4) is 0 Å². The lowest BCUT2D eigenvalue weighted by molar-refractivity contribution is 0.0884. The van der Waals surface area contributed by atoms with Gasteiger partial charge < -0.3 is 9.84 Å². The Kier molecular flexibility index (Phi) is 3.81. The Morgan fingerprint density at radius 3 is 2.71 bits per heavy atom. The molecule has 0 radical (unpaired) electrons. The van der Waals surface area contributed by atoms with Crippen molar-refractivity contribution in [2.45, 2.75) is 37.8 Å². The highest BCUT2D eigenvalue weighted by molar-refractivity contribution is 5.91. The van der Waals surface area contributed by atoms with E-state index in [2.05, 4.69) is 15.6 Å². The summed E-state index contributed by atoms with van der Waals surface area (Å²) in [5, 5.41) is 10.6. The number of amides is 1. The maximum absolute atomic E-state index is 11.9. The van der Waals surface area contributed by atoms with Gasteiger partial charge in [0.25, 0.3) is 11.5 Å². The van der Waals surface area contributed by atoms with E-state index in [1.165, 1.54) is 23.0 Å². The molecule has 3 rings (SSSR count). The first-order valence-corrected chi connectivity index (χ1v) is 6.99. The van der Waals surface area contributed by atoms with Crippen molar-refractivity contribution < 1.29 is 9.32 Å². The summed E-state index contributed by atoms with van der Waals surface area (Å²) in [7, 11) is 0. The van der Waals surface area contributed by atoms with Gasteiger partial charge in [-0.2, -0.15) is 5.10 Å². The minimum absolute atomic E-state index is 0.0772. The molecule has 21 heavy (non-hydrogen) atoms. The van der Waals surface area contributed by atoms with Gasteiger partial charge in [0, 0.05) is 24.4 Å². The smallest absolute Gasteiger partial charge is 0.290 e. The molecule has 0 aliphatic heterocycles. The fraction of sp³-hybridized carbons (Fsp3) is 0.429. The van der Waals surface area contributed by atoms with E-state index < -0.39 is 0 Å². The highest BCUT2D eigenvalue weighted by Crippen LogP contribution is 2.26. The van der Waals surface area contributed by atoms with Gasteiger partial charge in [0.1, 0.15) is 0 Å². The Hall–Kier alpha value is -2.44. The van der Waals surface area contributed by atoms with E-state index in [1.54, 1.807) is 12.3 Å². The number of nitrogens with one attached hydrogen (secondary N) is 1. The molecule has 0 aromatic carbocycles. The third-order valence-corrected chi connectivity index (χ3v) is 3.78. The molecule has 1 amide bonds. The van der Waals surface area contributed by atoms with Gasteiger partial charge in [0.05, 0.1) is 12.2 Å². The van der Waals surface area contributed by atoms with Crippen molar-refractivity contribution >= 4 is 5.91 Å². The molecule has 1 N–H and O–H groups in total. The number of carbonyl (C=O) groups is 1. The molecular weight excluding hydrogens is 272 g/mol. The largest absolute Gasteiger partial charge is 0.351 e. The van der Waals surface area contributed by atoms with Crippen molar-refractivity contribution in [3.63, 3.8) is 0 Å². The molecule has 0 atom stereocenters. The van der Waals surface area contributed by atoms with Crippen LogP contribution in [0.1, 0.15) is 42.3 Å². The van der Waals surface area contributed by atoms with Gasteiger partial charge in [-0.25, -0.2) is 4.68 Å². The van der Waals surface area contributed by atoms with Crippen molar-refractivity contribution in [1.29, 1.82) is 0 Å². The molecule has 1 saturated carbocycles. The molecule has 0 bridgehead atoms. The summed E-state index contributed by atoms with van der Waals surface area (Å²) in [6, 6.07) is 4.90. The molecule has 110 valence electrons. The Morgan fingerprint density at radius 2 is 2.05 bits per heavy atom. The molecule has 1 aliphatic carbocycles. The van der Waals surface area contributed by atoms with Gasteiger partial charge >= 0.3 is 0 Å². The Bertz CT molecular complexity index is 657. The lowest BCUT2D eigenvalue weighted by Gasteiger charge is -2.29. The van der Waals surface area contributed by atoms with Crippen LogP contribution in [0.3, 0.4) is 0 Å². The van der Waals surface area contributed by atoms with Gasteiger partial charge in [0.15, 0.2) is 0 Å². The summed E-state index contributed by atoms with van der Waals surface area (Å²) in [5.74, 6) is -0.0241. The van der Waals surface area contributed by atoms with Gasteiger partial charge in [-0.1, -0.05) is 5.16 Å². The molecule has 0 unspecified atom stereocenters. The van der Waals surface area contributed by atoms with Crippen molar-refractivity contribution in [2.24, 2.45) is 0 Å². The van der Waals surface area contributed by atoms with Crippen LogP contribution in [0.25, 0.3) is 0 Å². The van der Waals surface area contributed by atoms with Crippen LogP contribution in [0.15, 0.2) is 39.9 Å². The van der Waals surface area contributed by atoms with Crippen molar-refractivity contribution in [3.05, 3.63) is 46.7 Å². The van der Waals surface area contributed by atoms with Gasteiger partial charge in [-0.05, 0) is 31.7 Å². The second kappa shape index (κ2) is 5.90. The van der Waals surface area contributed by atoms with E-state index >= 15 is 0 Å². The molecule has 7 nitrogen and oxygen atoms in total. The number of nitrogens with zero attached hydrogens (tertiary/aromatic N) is 3. The first kappa shape index (κ1) is 13.5. The highest BCUT2D eigenvalue weighted by atomic mass is 16.5. The molecule has 2 heterocycles. The average Bonchev–Trinajstić information content (AvgIpc) is 3.03. The van der Waals surface area contributed by atoms with Crippen LogP contribution >= 0.6 is 0 Å². The van der Waals surface area contributed by atoms with Crippen molar-refractivity contribution in [1.82, 2.24) is 20.3 Å². The monoisotopic (exact) mass is 288 g/mol. The summed E-state index contributed by atoms with van der Waals surface area (Å²) in [4.78, 5) is 23.6. The van der Waals surface area contributed by atoms with E-state index in [0.717, 1.165) is 25.7 Å². The summed E-state index contributed by atoms with van der Waals surface area (Å²) >= 11 is 0. The van der Waals surface area contributed by atoms with Crippen LogP contribution in [0, 0.1) is 0 Å². The van der Waals surface area contributed by atoms with Crippen LogP contribution in [-0.2, 0) is 0 Å². The van der Waals surface area contributed by atoms with Crippen LogP contribution in [0.5, 0.6) is 0 Å². The molecule has 1 fully saturated rings. The summed E-state index contributed by atoms with van der Waals surface area (Å²) in [6.07, 6.45) is 6.33. The molecule has 1 aliphatic rings. The summed E-state index contributed by atoms with van der Waals surface area (Å²) < 4.78 is 6.36. The molecule has 2 aromatic heterocycles. The fourth-order valence-electron chi connectivity index (χ4n) is 2.70. The zero-order chi connectivity index (χ0) is 14.7. The van der Waals surface area contributed by atoms with E-state index in [9.17, 15) is 9.59 Å². The van der Waals surface area contributed by atoms with E-state index in [0.29, 0.717) is 0 Å². The second-order valence-corrected chi connectivity index (χ2v) is 5.16. The minimum atomic E-state index is -0.244. The van der Waals surface area contributed by atoms with E-state index in [1.807, 2.05) is 0 Å². The number of carbonyl (C=O) groups excluding carboxylic acids is 1. The third-order valence-electron chi connectivity index (χ3n) is 3.78. The zero-order valence-corrected chi connectivity index (χ0v) is 11.4. The predicted molar refractivity (Wildman–Crippen MR) is 73.8 cm³/mol. The fourth-order valence-corrected chi connectivity index (χ4v) is 2.70. The SMILES string of the molecule is O=C(NC1CCC(n2ncccc2=O)CC1)c1ccno1. The first-order chi connectivity index (χ1) is 10.2. The predicted octanol–water partition coefficient (Wildman–Crippen LogP) is 1.14. The average molecular weight is 288 g/mol. The minimum Gasteiger partial charge on any atom is -0.351 e. The zero-order valence-electron chi connectivity index (χ0n) is 11.4. The molecule has 0 spiro atoms. The number of aromatic nitrogens is 3. The van der Waals surface area contributed by atoms with E-state index in [-0.39, 0.29) is 29.3 Å².